The van der Waals surface area contributed by atoms with Gasteiger partial charge in [-0.3, -0.25) is 4.79 Å². The van der Waals surface area contributed by atoms with Gasteiger partial charge >= 0.3 is 0 Å². The lowest BCUT2D eigenvalue weighted by Gasteiger charge is -2.15. The lowest BCUT2D eigenvalue weighted by Crippen LogP contribution is -2.30. The number of anilines is 1. The van der Waals surface area contributed by atoms with Crippen molar-refractivity contribution in [3.8, 4) is 5.75 Å². The van der Waals surface area contributed by atoms with Gasteiger partial charge in [-0.15, -0.1) is 11.8 Å². The first-order valence-electron chi connectivity index (χ1n) is 6.56. The summed E-state index contributed by atoms with van der Waals surface area (Å²) in [6.07, 6.45) is 1.36. The van der Waals surface area contributed by atoms with Gasteiger partial charge < -0.3 is 10.1 Å². The lowest BCUT2D eigenvalue weighted by atomic mass is 10.3. The second-order valence-electron chi connectivity index (χ2n) is 4.55. The van der Waals surface area contributed by atoms with Crippen LogP contribution in [0.25, 0.3) is 0 Å². The van der Waals surface area contributed by atoms with Crippen molar-refractivity contribution < 1.29 is 9.53 Å². The van der Waals surface area contributed by atoms with Gasteiger partial charge in [0.1, 0.15) is 5.75 Å². The predicted molar refractivity (Wildman–Crippen MR) is 93.4 cm³/mol. The zero-order chi connectivity index (χ0) is 16.1. The summed E-state index contributed by atoms with van der Waals surface area (Å²) < 4.78 is 5.62. The van der Waals surface area contributed by atoms with Crippen LogP contribution in [0, 0.1) is 0 Å². The van der Waals surface area contributed by atoms with Crippen molar-refractivity contribution in [1.82, 2.24) is 0 Å². The molecule has 6 heteroatoms. The first-order valence-corrected chi connectivity index (χ1v) is 8.54. The minimum atomic E-state index is -0.646. The molecule has 0 aliphatic carbocycles. The molecular formula is C16H15Cl2NO2S. The Labute approximate surface area is 144 Å². The maximum absolute atomic E-state index is 12.1. The van der Waals surface area contributed by atoms with Crippen LogP contribution in [-0.4, -0.2) is 18.3 Å². The normalized spacial score (nSPS) is 11.8. The highest BCUT2D eigenvalue weighted by molar-refractivity contribution is 7.98. The summed E-state index contributed by atoms with van der Waals surface area (Å²) >= 11 is 13.5. The van der Waals surface area contributed by atoms with E-state index in [-0.39, 0.29) is 5.91 Å². The summed E-state index contributed by atoms with van der Waals surface area (Å²) in [5.41, 5.74) is 0.504. The number of amides is 1. The van der Waals surface area contributed by atoms with Crippen LogP contribution in [0.4, 0.5) is 5.69 Å². The van der Waals surface area contributed by atoms with Crippen LogP contribution in [0.15, 0.2) is 47.4 Å². The average molecular weight is 356 g/mol. The molecule has 2 rings (SSSR count). The molecule has 0 spiro atoms. The van der Waals surface area contributed by atoms with E-state index in [2.05, 4.69) is 5.32 Å². The molecule has 2 aromatic rings. The minimum Gasteiger partial charge on any atom is -0.481 e. The lowest BCUT2D eigenvalue weighted by molar-refractivity contribution is -0.122. The predicted octanol–water partition coefficient (Wildman–Crippen LogP) is 5.12. The van der Waals surface area contributed by atoms with Crippen molar-refractivity contribution in [2.45, 2.75) is 17.9 Å². The molecule has 22 heavy (non-hydrogen) atoms. The van der Waals surface area contributed by atoms with Crippen molar-refractivity contribution in [2.24, 2.45) is 0 Å². The number of carbonyl (C=O) groups is 1. The number of ether oxygens (including phenoxy) is 1. The number of rotatable bonds is 5. The molecule has 0 saturated heterocycles. The van der Waals surface area contributed by atoms with Gasteiger partial charge in [-0.05, 0) is 55.6 Å². The van der Waals surface area contributed by atoms with E-state index >= 15 is 0 Å². The summed E-state index contributed by atoms with van der Waals surface area (Å²) in [6, 6.07) is 12.5. The molecule has 0 aliphatic rings. The SMILES string of the molecule is CSc1ccc(OC(C)C(=O)Nc2ccc(Cl)cc2Cl)cc1. The molecule has 1 atom stereocenters. The van der Waals surface area contributed by atoms with Crippen LogP contribution >= 0.6 is 35.0 Å². The molecule has 1 unspecified atom stereocenters. The Kier molecular flexibility index (Phi) is 6.00. The van der Waals surface area contributed by atoms with E-state index in [0.717, 1.165) is 4.90 Å². The fraction of sp³-hybridized carbons (Fsp3) is 0.188. The monoisotopic (exact) mass is 355 g/mol. The second kappa shape index (κ2) is 7.77. The fourth-order valence-electron chi connectivity index (χ4n) is 1.74. The van der Waals surface area contributed by atoms with Crippen molar-refractivity contribution in [3.05, 3.63) is 52.5 Å². The van der Waals surface area contributed by atoms with Crippen molar-refractivity contribution in [2.75, 3.05) is 11.6 Å². The molecule has 0 heterocycles. The van der Waals surface area contributed by atoms with E-state index in [1.165, 1.54) is 0 Å². The van der Waals surface area contributed by atoms with Crippen molar-refractivity contribution >= 4 is 46.6 Å². The quantitative estimate of drug-likeness (QED) is 0.756. The van der Waals surface area contributed by atoms with Gasteiger partial charge in [0.25, 0.3) is 5.91 Å². The van der Waals surface area contributed by atoms with Crippen LogP contribution in [0.1, 0.15) is 6.92 Å². The summed E-state index contributed by atoms with van der Waals surface area (Å²) in [4.78, 5) is 13.3. The van der Waals surface area contributed by atoms with Gasteiger partial charge in [-0.25, -0.2) is 0 Å². The van der Waals surface area contributed by atoms with Crippen molar-refractivity contribution in [3.63, 3.8) is 0 Å². The van der Waals surface area contributed by atoms with Crippen LogP contribution in [0.2, 0.25) is 10.0 Å². The summed E-state index contributed by atoms with van der Waals surface area (Å²) in [5.74, 6) is 0.362. The third-order valence-corrected chi connectivity index (χ3v) is 4.22. The molecular weight excluding hydrogens is 341 g/mol. The van der Waals surface area contributed by atoms with Gasteiger partial charge in [0.2, 0.25) is 0 Å². The van der Waals surface area contributed by atoms with E-state index in [1.807, 2.05) is 30.5 Å². The summed E-state index contributed by atoms with van der Waals surface area (Å²) in [7, 11) is 0. The molecule has 1 amide bonds. The zero-order valence-electron chi connectivity index (χ0n) is 12.1. The third-order valence-electron chi connectivity index (χ3n) is 2.93. The smallest absolute Gasteiger partial charge is 0.265 e. The number of hydrogen-bond donors (Lipinski definition) is 1. The first-order chi connectivity index (χ1) is 10.5. The largest absolute Gasteiger partial charge is 0.481 e. The average Bonchev–Trinajstić information content (AvgIpc) is 2.50. The number of hydrogen-bond acceptors (Lipinski definition) is 3. The molecule has 116 valence electrons. The molecule has 2 aromatic carbocycles. The van der Waals surface area contributed by atoms with E-state index in [4.69, 9.17) is 27.9 Å². The van der Waals surface area contributed by atoms with E-state index < -0.39 is 6.10 Å². The van der Waals surface area contributed by atoms with Crippen LogP contribution in [0.3, 0.4) is 0 Å². The molecule has 0 radical (unpaired) electrons. The summed E-state index contributed by atoms with van der Waals surface area (Å²) in [6.45, 7) is 1.68. The standard InChI is InChI=1S/C16H15Cl2NO2S/c1-10(21-12-4-6-13(22-2)7-5-12)16(20)19-15-8-3-11(17)9-14(15)18/h3-10H,1-2H3,(H,19,20). The Balaban J connectivity index is 1.99. The molecule has 0 bridgehead atoms. The van der Waals surface area contributed by atoms with E-state index in [9.17, 15) is 4.79 Å². The van der Waals surface area contributed by atoms with Crippen LogP contribution < -0.4 is 10.1 Å². The van der Waals surface area contributed by atoms with Crippen LogP contribution in [-0.2, 0) is 4.79 Å². The summed E-state index contributed by atoms with van der Waals surface area (Å²) in [5, 5.41) is 3.62. The number of thioether (sulfide) groups is 1. The number of nitrogens with one attached hydrogen (secondary N) is 1. The number of benzene rings is 2. The molecule has 1 N–H and O–H groups in total. The Morgan fingerprint density at radius 1 is 1.18 bits per heavy atom. The Morgan fingerprint density at radius 2 is 1.86 bits per heavy atom. The maximum atomic E-state index is 12.1. The topological polar surface area (TPSA) is 38.3 Å². The molecule has 0 fully saturated rings. The third kappa shape index (κ3) is 4.57. The Morgan fingerprint density at radius 3 is 2.45 bits per heavy atom. The van der Waals surface area contributed by atoms with Crippen LogP contribution in [0.5, 0.6) is 5.75 Å². The zero-order valence-corrected chi connectivity index (χ0v) is 14.4. The Bertz CT molecular complexity index is 662. The highest BCUT2D eigenvalue weighted by Gasteiger charge is 2.16. The minimum absolute atomic E-state index is 0.279. The number of carbonyl (C=O) groups excluding carboxylic acids is 1. The fourth-order valence-corrected chi connectivity index (χ4v) is 2.60. The highest BCUT2D eigenvalue weighted by Crippen LogP contribution is 2.26. The second-order valence-corrected chi connectivity index (χ2v) is 6.27. The molecule has 0 aromatic heterocycles. The van der Waals surface area contributed by atoms with Gasteiger partial charge in [0.15, 0.2) is 6.10 Å². The Hall–Kier alpha value is -1.36. The van der Waals surface area contributed by atoms with Gasteiger partial charge in [0.05, 0.1) is 10.7 Å². The molecule has 0 saturated carbocycles. The van der Waals surface area contributed by atoms with Gasteiger partial charge in [-0.1, -0.05) is 23.2 Å². The molecule has 3 nitrogen and oxygen atoms in total. The van der Waals surface area contributed by atoms with Gasteiger partial charge in [0, 0.05) is 9.92 Å². The van der Waals surface area contributed by atoms with E-state index in [0.29, 0.717) is 21.5 Å². The maximum Gasteiger partial charge on any atom is 0.265 e. The van der Waals surface area contributed by atoms with E-state index in [1.54, 1.807) is 36.9 Å². The highest BCUT2D eigenvalue weighted by atomic mass is 35.5. The molecule has 0 aliphatic heterocycles. The number of halogens is 2. The van der Waals surface area contributed by atoms with Crippen molar-refractivity contribution in [1.29, 1.82) is 0 Å². The first kappa shape index (κ1) is 17.0. The van der Waals surface area contributed by atoms with Gasteiger partial charge in [-0.2, -0.15) is 0 Å².